The molecule has 0 aromatic heterocycles. The van der Waals surface area contributed by atoms with Crippen LogP contribution >= 0.6 is 11.8 Å². The molecule has 0 fully saturated rings. The molecule has 7 heteroatoms. The summed E-state index contributed by atoms with van der Waals surface area (Å²) >= 11 is 1.83. The molecule has 1 aliphatic rings. The molecule has 5 nitrogen and oxygen atoms in total. The molecule has 31 heavy (non-hydrogen) atoms. The Kier molecular flexibility index (Phi) is 10.1. The van der Waals surface area contributed by atoms with Gasteiger partial charge >= 0.3 is 11.9 Å². The molecule has 170 valence electrons. The molecular weight excluding hydrogens is 428 g/mol. The normalized spacial score (nSPS) is 21.6. The van der Waals surface area contributed by atoms with Gasteiger partial charge in [-0.2, -0.15) is 0 Å². The first-order chi connectivity index (χ1) is 14.8. The van der Waals surface area contributed by atoms with Crippen molar-refractivity contribution >= 4 is 31.8 Å². The molecule has 1 aromatic rings. The minimum absolute atomic E-state index is 0.0427. The monoisotopic (exact) mass is 462 g/mol. The number of ether oxygens (including phenoxy) is 3. The Labute approximate surface area is 191 Å². The van der Waals surface area contributed by atoms with Crippen LogP contribution in [0, 0.1) is 0 Å². The summed E-state index contributed by atoms with van der Waals surface area (Å²) < 4.78 is 18.2. The first-order valence-electron chi connectivity index (χ1n) is 10.9. The van der Waals surface area contributed by atoms with E-state index in [-0.39, 0.29) is 18.7 Å². The lowest BCUT2D eigenvalue weighted by Gasteiger charge is -2.34. The van der Waals surface area contributed by atoms with Gasteiger partial charge in [-0.1, -0.05) is 74.9 Å². The van der Waals surface area contributed by atoms with Crippen molar-refractivity contribution in [3.63, 3.8) is 0 Å². The van der Waals surface area contributed by atoms with E-state index in [2.05, 4.69) is 51.1 Å². The van der Waals surface area contributed by atoms with E-state index in [4.69, 9.17) is 14.2 Å². The van der Waals surface area contributed by atoms with Gasteiger partial charge in [-0.3, -0.25) is 9.59 Å². The van der Waals surface area contributed by atoms with E-state index < -0.39 is 26.3 Å². The number of esters is 2. The Morgan fingerprint density at radius 2 is 1.68 bits per heavy atom. The highest BCUT2D eigenvalue weighted by molar-refractivity contribution is 8.05. The molecule has 0 aliphatic carbocycles. The third-order valence-electron chi connectivity index (χ3n) is 5.78. The predicted octanol–water partition coefficient (Wildman–Crippen LogP) is 5.53. The summed E-state index contributed by atoms with van der Waals surface area (Å²) in [5.74, 6) is -0.781. The zero-order valence-corrected chi connectivity index (χ0v) is 20.9. The maximum Gasteiger partial charge on any atom is 0.303 e. The van der Waals surface area contributed by atoms with Crippen LogP contribution in [0.4, 0.5) is 0 Å². The molecule has 0 N–H and O–H groups in total. The predicted molar refractivity (Wildman–Crippen MR) is 128 cm³/mol. The smallest absolute Gasteiger partial charge is 0.303 e. The first kappa shape index (κ1) is 25.4. The lowest BCUT2D eigenvalue weighted by Crippen LogP contribution is -2.41. The Bertz CT molecular complexity index is 780. The number of carbonyl (C=O) groups is 2. The number of thioether (sulfide) groups is 1. The molecule has 1 heterocycles. The van der Waals surface area contributed by atoms with Crippen molar-refractivity contribution in [1.82, 2.24) is 0 Å². The van der Waals surface area contributed by atoms with E-state index in [0.29, 0.717) is 0 Å². The van der Waals surface area contributed by atoms with Crippen molar-refractivity contribution in [3.8, 4) is 0 Å². The summed E-state index contributed by atoms with van der Waals surface area (Å²) in [6.45, 7) is 9.63. The van der Waals surface area contributed by atoms with Crippen LogP contribution < -0.4 is 0 Å². The zero-order valence-electron chi connectivity index (χ0n) is 19.1. The third-order valence-corrected chi connectivity index (χ3v) is 13.5. The molecule has 0 spiro atoms. The molecule has 3 atom stereocenters. The number of carbonyl (C=O) groups excluding carboxylic acids is 2. The van der Waals surface area contributed by atoms with E-state index in [1.54, 1.807) is 0 Å². The summed E-state index contributed by atoms with van der Waals surface area (Å²) in [6, 6.07) is 13.9. The van der Waals surface area contributed by atoms with E-state index >= 15 is 0 Å². The SMILES string of the molecule is CC[Si](CC)(CC)/C(=C/[C@@H]1C=C[C@H](OC(C)=O)[C@@H](COC(C)=O)O1)Sc1ccccc1. The lowest BCUT2D eigenvalue weighted by molar-refractivity contribution is -0.161. The van der Waals surface area contributed by atoms with Crippen LogP contribution in [0.1, 0.15) is 34.6 Å². The van der Waals surface area contributed by atoms with E-state index in [9.17, 15) is 9.59 Å². The van der Waals surface area contributed by atoms with Crippen LogP contribution in [-0.2, 0) is 23.8 Å². The Hall–Kier alpha value is -1.83. The average molecular weight is 463 g/mol. The molecule has 0 amide bonds. The van der Waals surface area contributed by atoms with E-state index in [1.807, 2.05) is 30.0 Å². The van der Waals surface area contributed by atoms with Crippen molar-refractivity contribution in [2.75, 3.05) is 6.61 Å². The van der Waals surface area contributed by atoms with Crippen LogP contribution in [0.25, 0.3) is 0 Å². The fourth-order valence-corrected chi connectivity index (χ4v) is 10.1. The molecule has 0 saturated heterocycles. The van der Waals surface area contributed by atoms with Gasteiger partial charge in [-0.05, 0) is 28.8 Å². The van der Waals surface area contributed by atoms with Gasteiger partial charge in [0.25, 0.3) is 0 Å². The van der Waals surface area contributed by atoms with Crippen molar-refractivity contribution in [2.24, 2.45) is 0 Å². The Morgan fingerprint density at radius 1 is 1.03 bits per heavy atom. The fourth-order valence-electron chi connectivity index (χ4n) is 3.76. The molecule has 0 unspecified atom stereocenters. The Morgan fingerprint density at radius 3 is 2.23 bits per heavy atom. The average Bonchev–Trinajstić information content (AvgIpc) is 2.75. The summed E-state index contributed by atoms with van der Waals surface area (Å²) in [5.41, 5.74) is 0. The lowest BCUT2D eigenvalue weighted by atomic mass is 10.1. The second-order valence-corrected chi connectivity index (χ2v) is 14.4. The van der Waals surface area contributed by atoms with Gasteiger partial charge < -0.3 is 14.2 Å². The molecule has 0 bridgehead atoms. The number of hydrogen-bond donors (Lipinski definition) is 0. The fraction of sp³-hybridized carbons (Fsp3) is 0.500. The van der Waals surface area contributed by atoms with Crippen LogP contribution in [0.3, 0.4) is 0 Å². The quantitative estimate of drug-likeness (QED) is 0.197. The van der Waals surface area contributed by atoms with Crippen molar-refractivity contribution in [2.45, 2.75) is 76.0 Å². The number of benzene rings is 1. The highest BCUT2D eigenvalue weighted by atomic mass is 32.2. The summed E-state index contributed by atoms with van der Waals surface area (Å²) in [7, 11) is -1.68. The van der Waals surface area contributed by atoms with Gasteiger partial charge in [0.2, 0.25) is 0 Å². The minimum atomic E-state index is -1.68. The van der Waals surface area contributed by atoms with Crippen molar-refractivity contribution in [1.29, 1.82) is 0 Å². The topological polar surface area (TPSA) is 61.8 Å². The van der Waals surface area contributed by atoms with Gasteiger partial charge in [0, 0.05) is 18.7 Å². The van der Waals surface area contributed by atoms with Crippen LogP contribution in [-0.4, -0.2) is 44.9 Å². The molecular formula is C24H34O5SSi. The number of hydrogen-bond acceptors (Lipinski definition) is 6. The first-order valence-corrected chi connectivity index (χ1v) is 14.4. The zero-order chi connectivity index (χ0) is 22.9. The number of rotatable bonds is 10. The van der Waals surface area contributed by atoms with Crippen molar-refractivity contribution < 1.29 is 23.8 Å². The maximum absolute atomic E-state index is 11.5. The highest BCUT2D eigenvalue weighted by Crippen LogP contribution is 2.40. The Balaban J connectivity index is 2.35. The van der Waals surface area contributed by atoms with Gasteiger partial charge in [-0.25, -0.2) is 0 Å². The second-order valence-electron chi connectivity index (χ2n) is 7.69. The third kappa shape index (κ3) is 7.37. The van der Waals surface area contributed by atoms with Crippen LogP contribution in [0.5, 0.6) is 0 Å². The van der Waals surface area contributed by atoms with E-state index in [0.717, 1.165) is 18.1 Å². The van der Waals surface area contributed by atoms with Crippen LogP contribution in [0.15, 0.2) is 58.0 Å². The minimum Gasteiger partial charge on any atom is -0.463 e. The van der Waals surface area contributed by atoms with Gasteiger partial charge in [-0.15, -0.1) is 0 Å². The summed E-state index contributed by atoms with van der Waals surface area (Å²) in [5, 5.41) is 0. The second kappa shape index (κ2) is 12.3. The molecule has 1 aromatic carbocycles. The molecule has 1 aliphatic heterocycles. The largest absolute Gasteiger partial charge is 0.463 e. The summed E-state index contributed by atoms with van der Waals surface area (Å²) in [6.07, 6.45) is 4.62. The summed E-state index contributed by atoms with van der Waals surface area (Å²) in [4.78, 5) is 24.0. The van der Waals surface area contributed by atoms with E-state index in [1.165, 1.54) is 23.3 Å². The van der Waals surface area contributed by atoms with Gasteiger partial charge in [0.05, 0.1) is 14.2 Å². The molecule has 0 saturated carbocycles. The highest BCUT2D eigenvalue weighted by Gasteiger charge is 2.35. The van der Waals surface area contributed by atoms with Gasteiger partial charge in [0.15, 0.2) is 0 Å². The standard InChI is InChI=1S/C24H34O5SSi/c1-6-31(7-2,8-3)24(30-21-12-10-9-11-13-21)16-20-14-15-22(28-19(5)26)23(29-20)17-27-18(4)25/h9-16,20,22-23H,6-8,17H2,1-5H3/b24-16+/t20-,22-,23+/m0/s1. The van der Waals surface area contributed by atoms with Crippen LogP contribution in [0.2, 0.25) is 18.1 Å². The molecule has 0 radical (unpaired) electrons. The molecule has 2 rings (SSSR count). The van der Waals surface area contributed by atoms with Gasteiger partial charge in [0.1, 0.15) is 18.8 Å². The van der Waals surface area contributed by atoms with Crippen molar-refractivity contribution in [3.05, 3.63) is 53.1 Å². The maximum atomic E-state index is 11.5.